The van der Waals surface area contributed by atoms with Crippen LogP contribution in [0.25, 0.3) is 10.9 Å². The lowest BCUT2D eigenvalue weighted by molar-refractivity contribution is -0.134. The van der Waals surface area contributed by atoms with Crippen molar-refractivity contribution in [3.8, 4) is 0 Å². The molecule has 0 aliphatic rings. The molecule has 0 bridgehead atoms. The zero-order valence-corrected chi connectivity index (χ0v) is 13.9. The SMILES string of the molecule is C=CCn1cc(SCCN)c2ccccc21.O=C(O)C=CC(=O)O. The highest BCUT2D eigenvalue weighted by Crippen LogP contribution is 2.29. The molecular formula is C17H20N2O4S. The summed E-state index contributed by atoms with van der Waals surface area (Å²) in [7, 11) is 0. The number of hydrogen-bond acceptors (Lipinski definition) is 4. The Labute approximate surface area is 144 Å². The quantitative estimate of drug-likeness (QED) is 0.403. The van der Waals surface area contributed by atoms with E-state index >= 15 is 0 Å². The van der Waals surface area contributed by atoms with E-state index in [-0.39, 0.29) is 0 Å². The molecule has 1 heterocycles. The molecule has 7 heteroatoms. The van der Waals surface area contributed by atoms with Gasteiger partial charge in [0.25, 0.3) is 0 Å². The zero-order chi connectivity index (χ0) is 17.9. The predicted molar refractivity (Wildman–Crippen MR) is 96.3 cm³/mol. The smallest absolute Gasteiger partial charge is 0.328 e. The minimum absolute atomic E-state index is 0.558. The van der Waals surface area contributed by atoms with E-state index in [9.17, 15) is 9.59 Å². The van der Waals surface area contributed by atoms with Gasteiger partial charge in [-0.3, -0.25) is 0 Å². The first-order valence-corrected chi connectivity index (χ1v) is 8.13. The van der Waals surface area contributed by atoms with Gasteiger partial charge in [-0.1, -0.05) is 24.3 Å². The molecule has 0 unspecified atom stereocenters. The van der Waals surface area contributed by atoms with E-state index < -0.39 is 11.9 Å². The van der Waals surface area contributed by atoms with Crippen molar-refractivity contribution in [1.82, 2.24) is 4.57 Å². The van der Waals surface area contributed by atoms with E-state index in [4.69, 9.17) is 15.9 Å². The van der Waals surface area contributed by atoms with Crippen LogP contribution in [-0.2, 0) is 16.1 Å². The maximum absolute atomic E-state index is 9.55. The van der Waals surface area contributed by atoms with E-state index in [1.807, 2.05) is 17.8 Å². The first-order chi connectivity index (χ1) is 11.5. The summed E-state index contributed by atoms with van der Waals surface area (Å²) in [4.78, 5) is 20.4. The summed E-state index contributed by atoms with van der Waals surface area (Å²) in [6.07, 6.45) is 5.22. The molecule has 0 saturated carbocycles. The predicted octanol–water partition coefficient (Wildman–Crippen LogP) is 2.59. The highest BCUT2D eigenvalue weighted by Gasteiger charge is 2.06. The molecule has 0 fully saturated rings. The Kier molecular flexibility index (Phi) is 8.38. The number of aliphatic carboxylic acids is 2. The van der Waals surface area contributed by atoms with Crippen LogP contribution in [0, 0.1) is 0 Å². The monoisotopic (exact) mass is 348 g/mol. The van der Waals surface area contributed by atoms with Crippen LogP contribution in [-0.4, -0.2) is 39.0 Å². The second-order valence-electron chi connectivity index (χ2n) is 4.60. The van der Waals surface area contributed by atoms with E-state index in [1.165, 1.54) is 15.8 Å². The molecule has 6 nitrogen and oxygen atoms in total. The van der Waals surface area contributed by atoms with Crippen molar-refractivity contribution < 1.29 is 19.8 Å². The fourth-order valence-electron chi connectivity index (χ4n) is 1.93. The Balaban J connectivity index is 0.000000307. The van der Waals surface area contributed by atoms with Gasteiger partial charge in [-0.2, -0.15) is 0 Å². The lowest BCUT2D eigenvalue weighted by Crippen LogP contribution is -2.00. The molecule has 0 amide bonds. The molecule has 0 aliphatic heterocycles. The van der Waals surface area contributed by atoms with Crippen molar-refractivity contribution >= 4 is 34.6 Å². The summed E-state index contributed by atoms with van der Waals surface area (Å²) in [5.74, 6) is -1.55. The Hall–Kier alpha value is -2.51. The number of fused-ring (bicyclic) bond motifs is 1. The van der Waals surface area contributed by atoms with Crippen LogP contribution in [0.5, 0.6) is 0 Å². The highest BCUT2D eigenvalue weighted by molar-refractivity contribution is 7.99. The molecule has 2 rings (SSSR count). The van der Waals surface area contributed by atoms with Crippen LogP contribution in [0.3, 0.4) is 0 Å². The van der Waals surface area contributed by atoms with E-state index in [0.29, 0.717) is 18.7 Å². The Morgan fingerprint density at radius 1 is 1.21 bits per heavy atom. The number of hydrogen-bond donors (Lipinski definition) is 3. The Morgan fingerprint density at radius 3 is 2.38 bits per heavy atom. The van der Waals surface area contributed by atoms with Crippen molar-refractivity contribution in [2.24, 2.45) is 5.73 Å². The number of carbonyl (C=O) groups is 2. The van der Waals surface area contributed by atoms with Gasteiger partial charge in [0.2, 0.25) is 0 Å². The minimum Gasteiger partial charge on any atom is -0.478 e. The van der Waals surface area contributed by atoms with Crippen LogP contribution in [0.2, 0.25) is 0 Å². The summed E-state index contributed by atoms with van der Waals surface area (Å²) in [5, 5.41) is 16.9. The second-order valence-corrected chi connectivity index (χ2v) is 5.74. The number of carboxylic acid groups (broad SMARTS) is 2. The van der Waals surface area contributed by atoms with Gasteiger partial charge in [0.1, 0.15) is 0 Å². The fraction of sp³-hybridized carbons (Fsp3) is 0.176. The van der Waals surface area contributed by atoms with Crippen molar-refractivity contribution in [2.45, 2.75) is 11.4 Å². The molecule has 24 heavy (non-hydrogen) atoms. The lowest BCUT2D eigenvalue weighted by atomic mass is 10.2. The molecule has 0 atom stereocenters. The van der Waals surface area contributed by atoms with Crippen molar-refractivity contribution in [3.05, 3.63) is 55.3 Å². The van der Waals surface area contributed by atoms with Crippen LogP contribution in [0.4, 0.5) is 0 Å². The molecule has 4 N–H and O–H groups in total. The molecular weight excluding hydrogens is 328 g/mol. The third-order valence-corrected chi connectivity index (χ3v) is 3.90. The number of benzene rings is 1. The number of carboxylic acids is 2. The third-order valence-electron chi connectivity index (χ3n) is 2.82. The maximum Gasteiger partial charge on any atom is 0.328 e. The van der Waals surface area contributed by atoms with E-state index in [1.54, 1.807) is 0 Å². The van der Waals surface area contributed by atoms with Crippen LogP contribution < -0.4 is 5.73 Å². The average molecular weight is 348 g/mol. The first-order valence-electron chi connectivity index (χ1n) is 7.15. The lowest BCUT2D eigenvalue weighted by Gasteiger charge is -1.98. The standard InChI is InChI=1S/C13H16N2S.C4H4O4/c1-2-8-15-10-13(16-9-7-14)11-5-3-4-6-12(11)15;5-3(6)1-2-4(7)8/h2-6,10H,1,7-9,14H2;1-2H,(H,5,6)(H,7,8). The topological polar surface area (TPSA) is 106 Å². The molecule has 1 aromatic heterocycles. The second kappa shape index (κ2) is 10.3. The van der Waals surface area contributed by atoms with Crippen molar-refractivity contribution in [1.29, 1.82) is 0 Å². The molecule has 1 aromatic carbocycles. The van der Waals surface area contributed by atoms with Gasteiger partial charge in [-0.15, -0.1) is 18.3 Å². The zero-order valence-electron chi connectivity index (χ0n) is 13.1. The van der Waals surface area contributed by atoms with Crippen LogP contribution in [0.15, 0.2) is 60.2 Å². The summed E-state index contributed by atoms with van der Waals surface area (Å²) in [6, 6.07) is 8.45. The van der Waals surface area contributed by atoms with Gasteiger partial charge in [0.15, 0.2) is 0 Å². The molecule has 0 spiro atoms. The van der Waals surface area contributed by atoms with Gasteiger partial charge >= 0.3 is 11.9 Å². The highest BCUT2D eigenvalue weighted by atomic mass is 32.2. The Bertz CT molecular complexity index is 721. The first kappa shape index (κ1) is 19.5. The number of allylic oxidation sites excluding steroid dienone is 1. The molecule has 0 radical (unpaired) electrons. The molecule has 128 valence electrons. The number of rotatable bonds is 7. The summed E-state index contributed by atoms with van der Waals surface area (Å²) in [6.45, 7) is 5.35. The van der Waals surface area contributed by atoms with Gasteiger partial charge < -0.3 is 20.5 Å². The van der Waals surface area contributed by atoms with Crippen molar-refractivity contribution in [3.63, 3.8) is 0 Å². The van der Waals surface area contributed by atoms with E-state index in [0.717, 1.165) is 12.3 Å². The Morgan fingerprint density at radius 2 is 1.83 bits per heavy atom. The summed E-state index contributed by atoms with van der Waals surface area (Å²) >= 11 is 1.82. The van der Waals surface area contributed by atoms with Gasteiger partial charge in [-0.25, -0.2) is 9.59 Å². The molecule has 0 aliphatic carbocycles. The number of para-hydroxylation sites is 1. The van der Waals surface area contributed by atoms with E-state index in [2.05, 4.69) is 41.6 Å². The maximum atomic E-state index is 9.55. The number of thioether (sulfide) groups is 1. The third kappa shape index (κ3) is 6.31. The number of nitrogens with two attached hydrogens (primary N) is 1. The molecule has 0 saturated heterocycles. The summed E-state index contributed by atoms with van der Waals surface area (Å²) < 4.78 is 2.22. The average Bonchev–Trinajstić information content (AvgIpc) is 2.90. The molecule has 2 aromatic rings. The number of aromatic nitrogens is 1. The van der Waals surface area contributed by atoms with Crippen molar-refractivity contribution in [2.75, 3.05) is 12.3 Å². The minimum atomic E-state index is -1.26. The van der Waals surface area contributed by atoms with Gasteiger partial charge in [0.05, 0.1) is 0 Å². The summed E-state index contributed by atoms with van der Waals surface area (Å²) in [5.41, 5.74) is 6.81. The fourth-order valence-corrected chi connectivity index (χ4v) is 2.80. The largest absolute Gasteiger partial charge is 0.478 e. The number of nitrogens with zero attached hydrogens (tertiary/aromatic N) is 1. The van der Waals surface area contributed by atoms with Crippen LogP contribution >= 0.6 is 11.8 Å². The van der Waals surface area contributed by atoms with Gasteiger partial charge in [-0.05, 0) is 6.07 Å². The van der Waals surface area contributed by atoms with Crippen LogP contribution in [0.1, 0.15) is 0 Å². The normalized spacial score (nSPS) is 10.4. The van der Waals surface area contributed by atoms with Gasteiger partial charge in [0, 0.05) is 53.0 Å².